The van der Waals surface area contributed by atoms with Crippen molar-refractivity contribution in [1.82, 2.24) is 0 Å². The number of hydrogen-bond acceptors (Lipinski definition) is 4. The molecule has 0 fully saturated rings. The summed E-state index contributed by atoms with van der Waals surface area (Å²) in [6.07, 6.45) is 0. The van der Waals surface area contributed by atoms with E-state index in [9.17, 15) is 18.9 Å². The molecule has 0 aliphatic carbocycles. The molecular weight excluding hydrogens is 319 g/mol. The van der Waals surface area contributed by atoms with Gasteiger partial charge in [-0.05, 0) is 0 Å². The second kappa shape index (κ2) is 9.65. The Kier molecular flexibility index (Phi) is 18.2. The van der Waals surface area contributed by atoms with Crippen LogP contribution in [0.3, 0.4) is 0 Å². The standard InChI is InChI=1S/Fe.Ni.O4P2Se/c;;1-5(2)7-6(3)4. The van der Waals surface area contributed by atoms with Crippen LogP contribution in [0.15, 0.2) is 0 Å². The van der Waals surface area contributed by atoms with Gasteiger partial charge in [-0.15, -0.1) is 0 Å². The molecule has 0 saturated heterocycles. The van der Waals surface area contributed by atoms with Crippen molar-refractivity contribution in [2.75, 3.05) is 0 Å². The Balaban J connectivity index is -0.000000180. The zero-order valence-corrected chi connectivity index (χ0v) is 9.20. The van der Waals surface area contributed by atoms with Gasteiger partial charge in [-0.3, -0.25) is 0 Å². The molecule has 0 amide bonds. The average Bonchev–Trinajstić information content (AvgIpc) is 1.27. The van der Waals surface area contributed by atoms with E-state index in [4.69, 9.17) is 0 Å². The molecule has 2 unspecified atom stereocenters. The van der Waals surface area contributed by atoms with E-state index >= 15 is 0 Å². The van der Waals surface area contributed by atoms with Crippen molar-refractivity contribution < 1.29 is 52.5 Å². The number of hydrogen-bond donors (Lipinski definition) is 0. The summed E-state index contributed by atoms with van der Waals surface area (Å²) in [7, 11) is 0. The molecule has 0 aromatic carbocycles. The van der Waals surface area contributed by atoms with Gasteiger partial charge in [0.2, 0.25) is 0 Å². The van der Waals surface area contributed by atoms with Gasteiger partial charge in [0.1, 0.15) is 0 Å². The van der Waals surface area contributed by atoms with E-state index < -0.39 is 27.5 Å². The maximum absolute atomic E-state index is 9.49. The van der Waals surface area contributed by atoms with E-state index in [1.54, 1.807) is 0 Å². The molecule has 0 saturated carbocycles. The fourth-order valence-electron chi connectivity index (χ4n) is 0.0544. The molecule has 0 bridgehead atoms. The molecule has 0 spiro atoms. The minimum absolute atomic E-state index is 0. The Morgan fingerprint density at radius 1 is 1.11 bits per heavy atom. The summed E-state index contributed by atoms with van der Waals surface area (Å²) < 4.78 is 19.0. The van der Waals surface area contributed by atoms with E-state index in [1.165, 1.54) is 0 Å². The molecule has 9 heteroatoms. The van der Waals surface area contributed by atoms with Crippen molar-refractivity contribution in [3.8, 4) is 0 Å². The molecule has 0 aromatic rings. The van der Waals surface area contributed by atoms with Crippen molar-refractivity contribution in [3.63, 3.8) is 0 Å². The van der Waals surface area contributed by atoms with Gasteiger partial charge in [0.25, 0.3) is 0 Å². The van der Waals surface area contributed by atoms with Crippen LogP contribution in [0, 0.1) is 0 Å². The van der Waals surface area contributed by atoms with Gasteiger partial charge < -0.3 is 0 Å². The first-order valence-corrected chi connectivity index (χ1v) is 7.88. The van der Waals surface area contributed by atoms with Crippen LogP contribution in [0.4, 0.5) is 0 Å². The molecule has 0 N–H and O–H groups in total. The SMILES string of the molecule is O=[P+]([O-])[Se][P+](=O)[O-].[Fe].[Ni]. The van der Waals surface area contributed by atoms with Crippen LogP contribution in [-0.2, 0) is 42.7 Å². The van der Waals surface area contributed by atoms with Crippen molar-refractivity contribution in [1.29, 1.82) is 0 Å². The molecule has 0 rings (SSSR count). The van der Waals surface area contributed by atoms with Crippen molar-refractivity contribution in [3.05, 3.63) is 0 Å². The molecule has 2 atom stereocenters. The summed E-state index contributed by atoms with van der Waals surface area (Å²) in [6, 6.07) is 0. The van der Waals surface area contributed by atoms with Gasteiger partial charge in [0.15, 0.2) is 0 Å². The van der Waals surface area contributed by atoms with Crippen LogP contribution in [0.1, 0.15) is 0 Å². The number of rotatable bonds is 2. The topological polar surface area (TPSA) is 80.3 Å². The third kappa shape index (κ3) is 17.7. The van der Waals surface area contributed by atoms with E-state index in [2.05, 4.69) is 0 Å². The normalized spacial score (nSPS) is 10.4. The van der Waals surface area contributed by atoms with Gasteiger partial charge in [-0.25, -0.2) is 0 Å². The smallest absolute Gasteiger partial charge is 0 e. The summed E-state index contributed by atoms with van der Waals surface area (Å²) in [5.74, 6) is 0. The average molecular weight is 319 g/mol. The molecule has 0 aliphatic heterocycles. The Labute approximate surface area is 79.7 Å². The van der Waals surface area contributed by atoms with E-state index in [-0.39, 0.29) is 33.6 Å². The largest absolute Gasteiger partial charge is 0 e. The minimum Gasteiger partial charge on any atom is 0 e. The third-order valence-corrected chi connectivity index (χ3v) is 6.24. The first-order valence-electron chi connectivity index (χ1n) is 1.10. The summed E-state index contributed by atoms with van der Waals surface area (Å²) in [5.41, 5.74) is 0. The Morgan fingerprint density at radius 3 is 1.33 bits per heavy atom. The summed E-state index contributed by atoms with van der Waals surface area (Å²) in [5, 5.41) is 0. The van der Waals surface area contributed by atoms with Gasteiger partial charge in [0, 0.05) is 33.6 Å². The van der Waals surface area contributed by atoms with Crippen molar-refractivity contribution in [2.45, 2.75) is 0 Å². The molecule has 58 valence electrons. The summed E-state index contributed by atoms with van der Waals surface area (Å²) in [4.78, 5) is 19.0. The van der Waals surface area contributed by atoms with Gasteiger partial charge in [-0.2, -0.15) is 0 Å². The van der Waals surface area contributed by atoms with Crippen LogP contribution in [0.25, 0.3) is 0 Å². The molecule has 0 aliphatic rings. The van der Waals surface area contributed by atoms with E-state index in [1.807, 2.05) is 0 Å². The Hall–Kier alpha value is 1.65. The Morgan fingerprint density at radius 2 is 1.33 bits per heavy atom. The molecule has 4 nitrogen and oxygen atoms in total. The van der Waals surface area contributed by atoms with Gasteiger partial charge >= 0.3 is 46.4 Å². The molecule has 9 heavy (non-hydrogen) atoms. The van der Waals surface area contributed by atoms with E-state index in [0.29, 0.717) is 0 Å². The van der Waals surface area contributed by atoms with Crippen LogP contribution in [-0.4, -0.2) is 14.1 Å². The zero-order chi connectivity index (χ0) is 5.86. The van der Waals surface area contributed by atoms with Gasteiger partial charge in [-0.1, -0.05) is 0 Å². The fraction of sp³-hybridized carbons (Fsp3) is 0. The van der Waals surface area contributed by atoms with E-state index in [0.717, 1.165) is 0 Å². The quantitative estimate of drug-likeness (QED) is 0.469. The van der Waals surface area contributed by atoms with Crippen LogP contribution in [0.5, 0.6) is 0 Å². The third-order valence-electron chi connectivity index (χ3n) is 0.133. The monoisotopic (exact) mass is 320 g/mol. The van der Waals surface area contributed by atoms with Crippen LogP contribution >= 0.6 is 13.4 Å². The second-order valence-electron chi connectivity index (χ2n) is 0.529. The molecule has 0 heterocycles. The predicted molar refractivity (Wildman–Crippen MR) is 21.0 cm³/mol. The first-order chi connectivity index (χ1) is 3.13. The molecule has 0 aromatic heterocycles. The van der Waals surface area contributed by atoms with Crippen LogP contribution in [0.2, 0.25) is 0 Å². The minimum atomic E-state index is -2.67. The molecule has 0 radical (unpaired) electrons. The summed E-state index contributed by atoms with van der Waals surface area (Å²) >= 11 is -1.22. The predicted octanol–water partition coefficient (Wildman–Crippen LogP) is -1.28. The van der Waals surface area contributed by atoms with Gasteiger partial charge in [0.05, 0.1) is 0 Å². The maximum atomic E-state index is 9.49. The fourth-order valence-corrected chi connectivity index (χ4v) is 2.55. The Bertz CT molecular complexity index is 94.7. The van der Waals surface area contributed by atoms with Crippen molar-refractivity contribution >= 4 is 27.5 Å². The van der Waals surface area contributed by atoms with Crippen LogP contribution < -0.4 is 9.79 Å². The zero-order valence-electron chi connectivity index (χ0n) is 3.61. The molecular formula is FeNiO4P2Se. The second-order valence-corrected chi connectivity index (χ2v) is 8.91. The maximum Gasteiger partial charge on any atom is 0 e. The summed E-state index contributed by atoms with van der Waals surface area (Å²) in [6.45, 7) is -5.35. The van der Waals surface area contributed by atoms with Crippen molar-refractivity contribution in [2.24, 2.45) is 0 Å². The first kappa shape index (κ1) is 16.9.